The van der Waals surface area contributed by atoms with E-state index in [-0.39, 0.29) is 0 Å². The molecule has 0 spiro atoms. The van der Waals surface area contributed by atoms with Crippen LogP contribution in [0.15, 0.2) is 5.11 Å². The Kier molecular flexibility index (Phi) is 9.52. The summed E-state index contributed by atoms with van der Waals surface area (Å²) in [6.45, 7) is 3.32. The largest absolute Gasteiger partial charge is 0.463 e. The number of hydrogen-bond donors (Lipinski definition) is 1. The van der Waals surface area contributed by atoms with Gasteiger partial charge in [-0.25, -0.2) is 0 Å². The van der Waals surface area contributed by atoms with Crippen molar-refractivity contribution in [3.8, 4) is 0 Å². The lowest BCUT2D eigenvalue weighted by atomic mass is 9.96. The Bertz CT molecular complexity index is 736. The van der Waals surface area contributed by atoms with Crippen LogP contribution in [0.1, 0.15) is 27.7 Å². The molecule has 14 heteroatoms. The molecule has 30 heavy (non-hydrogen) atoms. The SMILES string of the molecule is CC(=O)OCC1O[C@@H](OC(C)=O)C(NC(=O)CN=[N+]=[N-])C(OC(C)=O)[C@@H]1OC(C)=O. The highest BCUT2D eigenvalue weighted by atomic mass is 16.7. The lowest BCUT2D eigenvalue weighted by Gasteiger charge is -2.44. The quantitative estimate of drug-likeness (QED) is 0.172. The Morgan fingerprint density at radius 3 is 2.00 bits per heavy atom. The number of carbonyl (C=O) groups is 5. The summed E-state index contributed by atoms with van der Waals surface area (Å²) < 4.78 is 25.9. The first-order chi connectivity index (χ1) is 14.0. The molecule has 0 aromatic carbocycles. The second kappa shape index (κ2) is 11.6. The van der Waals surface area contributed by atoms with Crippen molar-refractivity contribution in [1.82, 2.24) is 5.32 Å². The first-order valence-corrected chi connectivity index (χ1v) is 8.65. The maximum absolute atomic E-state index is 12.1. The molecular formula is C16H22N4O10. The van der Waals surface area contributed by atoms with E-state index in [1.807, 2.05) is 0 Å². The van der Waals surface area contributed by atoms with E-state index < -0.39 is 73.6 Å². The van der Waals surface area contributed by atoms with Gasteiger partial charge in [0.1, 0.15) is 25.3 Å². The van der Waals surface area contributed by atoms with E-state index in [1.165, 1.54) is 0 Å². The average Bonchev–Trinajstić information content (AvgIpc) is 2.62. The van der Waals surface area contributed by atoms with Crippen LogP contribution < -0.4 is 5.32 Å². The molecule has 14 nitrogen and oxygen atoms in total. The fourth-order valence-corrected chi connectivity index (χ4v) is 2.65. The summed E-state index contributed by atoms with van der Waals surface area (Å²) in [7, 11) is 0. The van der Waals surface area contributed by atoms with Crippen LogP contribution in [-0.4, -0.2) is 73.6 Å². The molecule has 1 aliphatic rings. The number of ether oxygens (including phenoxy) is 5. The van der Waals surface area contributed by atoms with E-state index >= 15 is 0 Å². The van der Waals surface area contributed by atoms with Crippen molar-refractivity contribution in [2.45, 2.75) is 58.3 Å². The van der Waals surface area contributed by atoms with Crippen molar-refractivity contribution < 1.29 is 47.7 Å². The molecule has 1 aliphatic heterocycles. The number of azide groups is 1. The first kappa shape index (κ1) is 24.7. The van der Waals surface area contributed by atoms with Gasteiger partial charge in [-0.3, -0.25) is 24.0 Å². The van der Waals surface area contributed by atoms with E-state index in [0.29, 0.717) is 0 Å². The minimum Gasteiger partial charge on any atom is -0.463 e. The topological polar surface area (TPSA) is 192 Å². The number of carbonyl (C=O) groups excluding carboxylic acids is 5. The molecule has 0 aromatic heterocycles. The molecule has 0 saturated carbocycles. The molecule has 0 aliphatic carbocycles. The van der Waals surface area contributed by atoms with Crippen LogP contribution in [0, 0.1) is 0 Å². The summed E-state index contributed by atoms with van der Waals surface area (Å²) in [6.07, 6.45) is -5.42. The lowest BCUT2D eigenvalue weighted by molar-refractivity contribution is -0.271. The fourth-order valence-electron chi connectivity index (χ4n) is 2.65. The van der Waals surface area contributed by atoms with Gasteiger partial charge in [0.15, 0.2) is 12.2 Å². The lowest BCUT2D eigenvalue weighted by Crippen LogP contribution is -2.67. The molecule has 1 saturated heterocycles. The van der Waals surface area contributed by atoms with Gasteiger partial charge in [0.05, 0.1) is 0 Å². The van der Waals surface area contributed by atoms with Gasteiger partial charge in [0.2, 0.25) is 12.2 Å². The minimum atomic E-state index is -1.51. The van der Waals surface area contributed by atoms with Crippen molar-refractivity contribution in [3.63, 3.8) is 0 Å². The van der Waals surface area contributed by atoms with E-state index in [1.54, 1.807) is 0 Å². The zero-order chi connectivity index (χ0) is 22.8. The Morgan fingerprint density at radius 1 is 0.933 bits per heavy atom. The highest BCUT2D eigenvalue weighted by Crippen LogP contribution is 2.28. The number of hydrogen-bond acceptors (Lipinski definition) is 11. The van der Waals surface area contributed by atoms with E-state index in [2.05, 4.69) is 15.3 Å². The van der Waals surface area contributed by atoms with E-state index in [4.69, 9.17) is 29.2 Å². The summed E-state index contributed by atoms with van der Waals surface area (Å²) >= 11 is 0. The highest BCUT2D eigenvalue weighted by Gasteiger charge is 2.52. The summed E-state index contributed by atoms with van der Waals surface area (Å²) in [6, 6.07) is -1.34. The van der Waals surface area contributed by atoms with Gasteiger partial charge in [0.25, 0.3) is 0 Å². The second-order valence-electron chi connectivity index (χ2n) is 6.09. The van der Waals surface area contributed by atoms with Gasteiger partial charge in [0, 0.05) is 32.6 Å². The summed E-state index contributed by atoms with van der Waals surface area (Å²) in [5.74, 6) is -3.86. The van der Waals surface area contributed by atoms with Gasteiger partial charge in [-0.2, -0.15) is 0 Å². The maximum Gasteiger partial charge on any atom is 0.305 e. The molecule has 1 N–H and O–H groups in total. The van der Waals surface area contributed by atoms with Crippen molar-refractivity contribution in [2.75, 3.05) is 13.2 Å². The highest BCUT2D eigenvalue weighted by molar-refractivity contribution is 5.79. The number of nitrogens with one attached hydrogen (secondary N) is 1. The molecule has 1 amide bonds. The van der Waals surface area contributed by atoms with Crippen LogP contribution in [0.4, 0.5) is 0 Å². The standard InChI is InChI=1S/C16H22N4O10/c1-7(21)26-6-11-14(27-8(2)22)15(28-9(3)23)13(16(30-11)29-10(4)24)19-12(25)5-18-20-17/h11,13-16H,5-6H2,1-4H3,(H,19,25)/t11?,13?,14-,15?,16-/m1/s1. The van der Waals surface area contributed by atoms with Crippen molar-refractivity contribution >= 4 is 29.8 Å². The van der Waals surface area contributed by atoms with Crippen molar-refractivity contribution in [2.24, 2.45) is 5.11 Å². The van der Waals surface area contributed by atoms with Crippen LogP contribution in [0.2, 0.25) is 0 Å². The molecular weight excluding hydrogens is 408 g/mol. The zero-order valence-electron chi connectivity index (χ0n) is 16.7. The van der Waals surface area contributed by atoms with Crippen molar-refractivity contribution in [1.29, 1.82) is 0 Å². The molecule has 1 fully saturated rings. The normalized spacial score (nSPS) is 25.1. The van der Waals surface area contributed by atoms with Gasteiger partial charge >= 0.3 is 23.9 Å². The molecule has 0 bridgehead atoms. The molecule has 0 aromatic rings. The van der Waals surface area contributed by atoms with E-state index in [0.717, 1.165) is 27.7 Å². The Balaban J connectivity index is 3.33. The van der Waals surface area contributed by atoms with E-state index in [9.17, 15) is 24.0 Å². The van der Waals surface area contributed by atoms with Crippen LogP contribution in [0.25, 0.3) is 10.4 Å². The minimum absolute atomic E-state index is 0.428. The van der Waals surface area contributed by atoms with Crippen LogP contribution in [0.5, 0.6) is 0 Å². The van der Waals surface area contributed by atoms with Crippen LogP contribution in [0.3, 0.4) is 0 Å². The fraction of sp³-hybridized carbons (Fsp3) is 0.688. The molecule has 1 rings (SSSR count). The third-order valence-corrected chi connectivity index (χ3v) is 3.59. The molecule has 5 atom stereocenters. The third-order valence-electron chi connectivity index (χ3n) is 3.59. The average molecular weight is 430 g/mol. The second-order valence-corrected chi connectivity index (χ2v) is 6.09. The predicted molar refractivity (Wildman–Crippen MR) is 94.1 cm³/mol. The Morgan fingerprint density at radius 2 is 1.50 bits per heavy atom. The number of esters is 4. The smallest absolute Gasteiger partial charge is 0.305 e. The molecule has 166 valence electrons. The molecule has 0 radical (unpaired) electrons. The summed E-state index contributed by atoms with van der Waals surface area (Å²) in [4.78, 5) is 60.5. The van der Waals surface area contributed by atoms with Gasteiger partial charge in [-0.05, 0) is 5.53 Å². The van der Waals surface area contributed by atoms with Gasteiger partial charge < -0.3 is 29.0 Å². The number of amides is 1. The number of nitrogens with zero attached hydrogens (tertiary/aromatic N) is 3. The number of rotatable bonds is 8. The van der Waals surface area contributed by atoms with Gasteiger partial charge in [-0.15, -0.1) is 0 Å². The van der Waals surface area contributed by atoms with Crippen LogP contribution in [-0.2, 0) is 47.7 Å². The van der Waals surface area contributed by atoms with Gasteiger partial charge in [-0.1, -0.05) is 5.11 Å². The molecule has 1 heterocycles. The Labute approximate surface area is 170 Å². The monoisotopic (exact) mass is 430 g/mol. The molecule has 3 unspecified atom stereocenters. The van der Waals surface area contributed by atoms with Crippen molar-refractivity contribution in [3.05, 3.63) is 10.4 Å². The predicted octanol–water partition coefficient (Wildman–Crippen LogP) is -0.504. The first-order valence-electron chi connectivity index (χ1n) is 8.65. The zero-order valence-corrected chi connectivity index (χ0v) is 16.7. The summed E-state index contributed by atoms with van der Waals surface area (Å²) in [5, 5.41) is 5.48. The maximum atomic E-state index is 12.1. The summed E-state index contributed by atoms with van der Waals surface area (Å²) in [5.41, 5.74) is 8.36. The third kappa shape index (κ3) is 7.93. The Hall–Kier alpha value is -3.38. The van der Waals surface area contributed by atoms with Crippen LogP contribution >= 0.6 is 0 Å².